The van der Waals surface area contributed by atoms with Gasteiger partial charge in [-0.25, -0.2) is 9.82 Å². The van der Waals surface area contributed by atoms with Crippen LogP contribution in [0.15, 0.2) is 64.2 Å². The molecule has 0 atom stereocenters. The first-order valence-corrected chi connectivity index (χ1v) is 11.2. The Balaban J connectivity index is 1.58. The minimum atomic E-state index is -1.07. The summed E-state index contributed by atoms with van der Waals surface area (Å²) in [4.78, 5) is 23.9. The highest BCUT2D eigenvalue weighted by Gasteiger charge is 2.15. The number of anilines is 1. The molecule has 176 valence electrons. The van der Waals surface area contributed by atoms with Gasteiger partial charge in [0.05, 0.1) is 19.0 Å². The first kappa shape index (κ1) is 25.5. The Labute approximate surface area is 213 Å². The molecule has 7 nitrogen and oxygen atoms in total. The number of amides is 2. The molecule has 0 fully saturated rings. The molecule has 0 aliphatic rings. The van der Waals surface area contributed by atoms with Crippen LogP contribution in [-0.2, 0) is 16.2 Å². The first-order chi connectivity index (χ1) is 16.3. The highest BCUT2D eigenvalue weighted by molar-refractivity contribution is 9.10. The van der Waals surface area contributed by atoms with Crippen molar-refractivity contribution in [3.05, 3.63) is 86.1 Å². The van der Waals surface area contributed by atoms with Crippen molar-refractivity contribution in [3.8, 4) is 11.5 Å². The van der Waals surface area contributed by atoms with Crippen molar-refractivity contribution >= 4 is 62.8 Å². The quantitative estimate of drug-likeness (QED) is 0.221. The van der Waals surface area contributed by atoms with Gasteiger partial charge in [0.25, 0.3) is 0 Å². The fourth-order valence-electron chi connectivity index (χ4n) is 2.66. The fraction of sp³-hybridized carbons (Fsp3) is 0.0870. The second-order valence-corrected chi connectivity index (χ2v) is 8.47. The summed E-state index contributed by atoms with van der Waals surface area (Å²) in [6.07, 6.45) is 1.31. The molecule has 0 saturated heterocycles. The van der Waals surface area contributed by atoms with Crippen LogP contribution >= 0.6 is 39.1 Å². The molecule has 0 aliphatic carbocycles. The average Bonchev–Trinajstić information content (AvgIpc) is 2.80. The number of carbonyl (C=O) groups excluding carboxylic acids is 2. The van der Waals surface area contributed by atoms with E-state index in [9.17, 15) is 14.0 Å². The van der Waals surface area contributed by atoms with Crippen LogP contribution in [0.2, 0.25) is 10.0 Å². The molecule has 2 amide bonds. The second kappa shape index (κ2) is 11.8. The maximum Gasteiger partial charge on any atom is 0.329 e. The van der Waals surface area contributed by atoms with Crippen LogP contribution in [0.4, 0.5) is 10.1 Å². The average molecular weight is 569 g/mol. The molecule has 0 unspecified atom stereocenters. The number of halogens is 4. The van der Waals surface area contributed by atoms with Crippen molar-refractivity contribution in [1.82, 2.24) is 5.43 Å². The standard InChI is InChI=1S/C23H17BrCl2FN3O4/c1-33-21-8-13(2-7-20(21)34-12-14-3-5-16(25)10-17(14)26)11-28-30-23(32)22(31)29-19-6-4-15(24)9-18(19)27/h2-11H,12H2,1H3,(H,29,31)(H,30,32)/b28-11+. The molecule has 0 aromatic heterocycles. The van der Waals surface area contributed by atoms with Gasteiger partial charge in [0, 0.05) is 20.1 Å². The van der Waals surface area contributed by atoms with Gasteiger partial charge < -0.3 is 14.8 Å². The van der Waals surface area contributed by atoms with Crippen molar-refractivity contribution < 1.29 is 23.5 Å². The lowest BCUT2D eigenvalue weighted by Crippen LogP contribution is -2.32. The number of nitrogens with zero attached hydrogens (tertiary/aromatic N) is 1. The number of rotatable bonds is 7. The molecule has 0 radical (unpaired) electrons. The third-order valence-electron chi connectivity index (χ3n) is 4.35. The molecular weight excluding hydrogens is 552 g/mol. The van der Waals surface area contributed by atoms with Gasteiger partial charge >= 0.3 is 11.8 Å². The molecule has 34 heavy (non-hydrogen) atoms. The normalized spacial score (nSPS) is 10.7. The molecule has 2 N–H and O–H groups in total. The number of ether oxygens (including phenoxy) is 2. The lowest BCUT2D eigenvalue weighted by Gasteiger charge is -2.12. The largest absolute Gasteiger partial charge is 0.493 e. The van der Waals surface area contributed by atoms with E-state index < -0.39 is 17.6 Å². The monoisotopic (exact) mass is 567 g/mol. The van der Waals surface area contributed by atoms with Crippen molar-refractivity contribution in [3.63, 3.8) is 0 Å². The smallest absolute Gasteiger partial charge is 0.329 e. The Morgan fingerprint density at radius 1 is 1.06 bits per heavy atom. The summed E-state index contributed by atoms with van der Waals surface area (Å²) in [6.45, 7) is 0.198. The van der Waals surface area contributed by atoms with Crippen LogP contribution in [-0.4, -0.2) is 25.1 Å². The molecule has 3 aromatic carbocycles. The van der Waals surface area contributed by atoms with E-state index in [0.717, 1.165) is 11.6 Å². The molecule has 3 rings (SSSR count). The Bertz CT molecular complexity index is 1260. The molecule has 11 heteroatoms. The Kier molecular flexibility index (Phi) is 8.86. The van der Waals surface area contributed by atoms with Crippen molar-refractivity contribution in [2.24, 2.45) is 5.10 Å². The van der Waals surface area contributed by atoms with E-state index in [1.807, 2.05) is 0 Å². The van der Waals surface area contributed by atoms with Crippen LogP contribution in [0.3, 0.4) is 0 Å². The number of methoxy groups -OCH3 is 1. The highest BCUT2D eigenvalue weighted by atomic mass is 79.9. The number of hydrogen-bond donors (Lipinski definition) is 2. The fourth-order valence-corrected chi connectivity index (χ4v) is 3.46. The van der Waals surface area contributed by atoms with E-state index in [-0.39, 0.29) is 12.3 Å². The Hall–Kier alpha value is -3.14. The minimum absolute atomic E-state index is 0.132. The van der Waals surface area contributed by atoms with E-state index in [0.29, 0.717) is 31.6 Å². The first-order valence-electron chi connectivity index (χ1n) is 9.61. The zero-order chi connectivity index (χ0) is 24.7. The van der Waals surface area contributed by atoms with Gasteiger partial charge in [0.1, 0.15) is 12.4 Å². The molecular formula is C23H17BrCl2FN3O4. The Morgan fingerprint density at radius 2 is 1.85 bits per heavy atom. The lowest BCUT2D eigenvalue weighted by molar-refractivity contribution is -0.136. The van der Waals surface area contributed by atoms with Gasteiger partial charge in [0.2, 0.25) is 0 Å². The van der Waals surface area contributed by atoms with Crippen LogP contribution in [0.25, 0.3) is 0 Å². The molecule has 0 aliphatic heterocycles. The van der Waals surface area contributed by atoms with Gasteiger partial charge in [-0.1, -0.05) is 45.2 Å². The van der Waals surface area contributed by atoms with Crippen molar-refractivity contribution in [1.29, 1.82) is 0 Å². The topological polar surface area (TPSA) is 89.0 Å². The van der Waals surface area contributed by atoms with Gasteiger partial charge in [-0.05, 0) is 54.1 Å². The second-order valence-electron chi connectivity index (χ2n) is 6.71. The minimum Gasteiger partial charge on any atom is -0.493 e. The summed E-state index contributed by atoms with van der Waals surface area (Å²) in [5.74, 6) is -1.94. The number of nitrogens with one attached hydrogen (secondary N) is 2. The number of carbonyl (C=O) groups is 2. The van der Waals surface area contributed by atoms with E-state index in [2.05, 4.69) is 31.8 Å². The van der Waals surface area contributed by atoms with E-state index in [1.165, 1.54) is 25.5 Å². The van der Waals surface area contributed by atoms with E-state index in [1.54, 1.807) is 36.4 Å². The maximum atomic E-state index is 13.8. The predicted octanol–water partition coefficient (Wildman–Crippen LogP) is 5.57. The van der Waals surface area contributed by atoms with Crippen LogP contribution < -0.4 is 20.2 Å². The number of hydrazone groups is 1. The third kappa shape index (κ3) is 6.93. The summed E-state index contributed by atoms with van der Waals surface area (Å²) >= 11 is 15.2. The molecule has 0 saturated carbocycles. The van der Waals surface area contributed by atoms with Crippen molar-refractivity contribution in [2.45, 2.75) is 6.61 Å². The summed E-state index contributed by atoms with van der Waals surface area (Å²) in [5, 5.41) is 6.93. The molecule has 0 heterocycles. The zero-order valence-electron chi connectivity index (χ0n) is 17.6. The van der Waals surface area contributed by atoms with Gasteiger partial charge in [-0.15, -0.1) is 0 Å². The van der Waals surface area contributed by atoms with Gasteiger partial charge in [-0.3, -0.25) is 9.59 Å². The van der Waals surface area contributed by atoms with E-state index in [4.69, 9.17) is 32.7 Å². The molecule has 0 bridgehead atoms. The summed E-state index contributed by atoms with van der Waals surface area (Å²) in [6, 6.07) is 14.1. The molecule has 3 aromatic rings. The highest BCUT2D eigenvalue weighted by Crippen LogP contribution is 2.30. The van der Waals surface area contributed by atoms with Crippen molar-refractivity contribution in [2.75, 3.05) is 12.4 Å². The van der Waals surface area contributed by atoms with Crippen LogP contribution in [0, 0.1) is 5.82 Å². The van der Waals surface area contributed by atoms with Crippen LogP contribution in [0.5, 0.6) is 11.5 Å². The Morgan fingerprint density at radius 3 is 2.56 bits per heavy atom. The summed E-state index contributed by atoms with van der Waals surface area (Å²) < 4.78 is 25.4. The SMILES string of the molecule is COc1cc(/C=N/NC(=O)C(=O)Nc2ccc(Br)cc2F)ccc1OCc1ccc(Cl)cc1Cl. The van der Waals surface area contributed by atoms with Crippen LogP contribution in [0.1, 0.15) is 11.1 Å². The molecule has 0 spiro atoms. The van der Waals surface area contributed by atoms with Gasteiger partial charge in [-0.2, -0.15) is 5.10 Å². The third-order valence-corrected chi connectivity index (χ3v) is 5.43. The lowest BCUT2D eigenvalue weighted by atomic mass is 10.2. The summed E-state index contributed by atoms with van der Waals surface area (Å²) in [5.41, 5.74) is 3.26. The van der Waals surface area contributed by atoms with E-state index >= 15 is 0 Å². The maximum absolute atomic E-state index is 13.8. The number of hydrogen-bond acceptors (Lipinski definition) is 5. The number of benzene rings is 3. The van der Waals surface area contributed by atoms with Gasteiger partial charge in [0.15, 0.2) is 11.5 Å². The summed E-state index contributed by atoms with van der Waals surface area (Å²) in [7, 11) is 1.48. The predicted molar refractivity (Wildman–Crippen MR) is 132 cm³/mol. The zero-order valence-corrected chi connectivity index (χ0v) is 20.7.